The van der Waals surface area contributed by atoms with Gasteiger partial charge in [0.2, 0.25) is 0 Å². The van der Waals surface area contributed by atoms with Crippen LogP contribution in [-0.4, -0.2) is 24.5 Å². The Morgan fingerprint density at radius 3 is 2.26 bits per heavy atom. The monoisotopic (exact) mass is 429 g/mol. The third kappa shape index (κ3) is 4.61. The molecule has 0 radical (unpaired) electrons. The van der Waals surface area contributed by atoms with E-state index in [9.17, 15) is 0 Å². The summed E-state index contributed by atoms with van der Waals surface area (Å²) in [6.45, 7) is 9.22. The zero-order chi connectivity index (χ0) is 22.0. The zero-order valence-electron chi connectivity index (χ0n) is 18.3. The van der Waals surface area contributed by atoms with Gasteiger partial charge in [0.05, 0.1) is 28.4 Å². The molecule has 3 aromatic carbocycles. The number of hydrogen-bond donors (Lipinski definition) is 0. The molecule has 31 heavy (non-hydrogen) atoms. The second kappa shape index (κ2) is 9.14. The molecule has 0 unspecified atom stereocenters. The number of halogens is 1. The fraction of sp³-hybridized carbons (Fsp3) is 0.296. The van der Waals surface area contributed by atoms with E-state index < -0.39 is 0 Å². The van der Waals surface area contributed by atoms with Gasteiger partial charge in [-0.3, -0.25) is 4.90 Å². The predicted octanol–water partition coefficient (Wildman–Crippen LogP) is 6.45. The van der Waals surface area contributed by atoms with Gasteiger partial charge in [-0.15, -0.1) is 0 Å². The molecule has 0 bridgehead atoms. The van der Waals surface area contributed by atoms with Crippen molar-refractivity contribution in [1.82, 2.24) is 4.90 Å². The van der Waals surface area contributed by atoms with E-state index in [1.165, 1.54) is 22.3 Å². The fourth-order valence-corrected chi connectivity index (χ4v) is 4.75. The third-order valence-electron chi connectivity index (χ3n) is 6.36. The van der Waals surface area contributed by atoms with E-state index >= 15 is 0 Å². The Morgan fingerprint density at radius 1 is 0.935 bits per heavy atom. The van der Waals surface area contributed by atoms with Crippen molar-refractivity contribution >= 4 is 17.3 Å². The van der Waals surface area contributed by atoms with Gasteiger partial charge in [0.1, 0.15) is 0 Å². The van der Waals surface area contributed by atoms with Gasteiger partial charge in [0.15, 0.2) is 0 Å². The lowest BCUT2D eigenvalue weighted by Crippen LogP contribution is -2.49. The lowest BCUT2D eigenvalue weighted by Gasteiger charge is -2.45. The summed E-state index contributed by atoms with van der Waals surface area (Å²) in [6, 6.07) is 25.9. The number of anilines is 1. The van der Waals surface area contributed by atoms with E-state index in [0.717, 1.165) is 30.3 Å². The third-order valence-corrected chi connectivity index (χ3v) is 6.66. The average Bonchev–Trinajstić information content (AvgIpc) is 2.79. The molecule has 0 saturated carbocycles. The molecule has 1 saturated heterocycles. The van der Waals surface area contributed by atoms with E-state index in [1.807, 2.05) is 12.1 Å². The molecule has 0 aliphatic carbocycles. The van der Waals surface area contributed by atoms with Crippen molar-refractivity contribution in [3.63, 3.8) is 0 Å². The number of nitriles is 1. The van der Waals surface area contributed by atoms with Crippen LogP contribution in [0, 0.1) is 25.2 Å². The maximum Gasteiger partial charge on any atom is 0.0991 e. The van der Waals surface area contributed by atoms with Crippen LogP contribution in [0.2, 0.25) is 5.02 Å². The molecule has 158 valence electrons. The Labute approximate surface area is 190 Å². The first-order chi connectivity index (χ1) is 15.0. The van der Waals surface area contributed by atoms with Crippen LogP contribution in [-0.2, 0) is 0 Å². The summed E-state index contributed by atoms with van der Waals surface area (Å²) in [4.78, 5) is 4.99. The number of benzene rings is 3. The van der Waals surface area contributed by atoms with Gasteiger partial charge in [0, 0.05) is 25.7 Å². The van der Waals surface area contributed by atoms with Gasteiger partial charge in [0.25, 0.3) is 0 Å². The normalized spacial score (nSPS) is 17.9. The Bertz CT molecular complexity index is 1080. The van der Waals surface area contributed by atoms with Crippen LogP contribution >= 0.6 is 11.6 Å². The van der Waals surface area contributed by atoms with Crippen molar-refractivity contribution in [2.45, 2.75) is 32.9 Å². The van der Waals surface area contributed by atoms with Crippen LogP contribution in [0.3, 0.4) is 0 Å². The molecule has 4 heteroatoms. The summed E-state index contributed by atoms with van der Waals surface area (Å²) in [5, 5.41) is 9.91. The number of hydrogen-bond acceptors (Lipinski definition) is 3. The first kappa shape index (κ1) is 21.4. The molecule has 1 aliphatic heterocycles. The lowest BCUT2D eigenvalue weighted by atomic mass is 9.97. The highest BCUT2D eigenvalue weighted by Gasteiger charge is 2.32. The maximum atomic E-state index is 9.10. The van der Waals surface area contributed by atoms with Crippen molar-refractivity contribution in [2.75, 3.05) is 24.5 Å². The molecule has 0 N–H and O–H groups in total. The topological polar surface area (TPSA) is 30.3 Å². The van der Waals surface area contributed by atoms with Gasteiger partial charge in [-0.05, 0) is 61.7 Å². The van der Waals surface area contributed by atoms with E-state index in [0.29, 0.717) is 5.56 Å². The van der Waals surface area contributed by atoms with Gasteiger partial charge in [-0.2, -0.15) is 5.26 Å². The van der Waals surface area contributed by atoms with Crippen molar-refractivity contribution in [3.8, 4) is 6.07 Å². The summed E-state index contributed by atoms with van der Waals surface area (Å²) in [5.74, 6) is 0. The molecule has 3 aromatic rings. The van der Waals surface area contributed by atoms with Gasteiger partial charge in [-0.25, -0.2) is 0 Å². The van der Waals surface area contributed by atoms with Crippen LogP contribution in [0.4, 0.5) is 5.69 Å². The largest absolute Gasteiger partial charge is 0.361 e. The van der Waals surface area contributed by atoms with E-state index in [2.05, 4.69) is 91.2 Å². The first-order valence-electron chi connectivity index (χ1n) is 10.8. The second-order valence-electron chi connectivity index (χ2n) is 8.48. The Hall–Kier alpha value is -2.80. The summed E-state index contributed by atoms with van der Waals surface area (Å²) in [5.41, 5.74) is 6.79. The molecule has 1 heterocycles. The summed E-state index contributed by atoms with van der Waals surface area (Å²) in [6.07, 6.45) is 0. The predicted molar refractivity (Wildman–Crippen MR) is 129 cm³/mol. The van der Waals surface area contributed by atoms with Crippen LogP contribution in [0.15, 0.2) is 66.7 Å². The fourth-order valence-electron chi connectivity index (χ4n) is 4.41. The minimum Gasteiger partial charge on any atom is -0.361 e. The van der Waals surface area contributed by atoms with Crippen LogP contribution < -0.4 is 4.90 Å². The average molecular weight is 430 g/mol. The Kier molecular flexibility index (Phi) is 6.32. The first-order valence-corrected chi connectivity index (χ1v) is 11.2. The van der Waals surface area contributed by atoms with Gasteiger partial charge in [-0.1, -0.05) is 59.6 Å². The summed E-state index contributed by atoms with van der Waals surface area (Å²) >= 11 is 6.68. The van der Waals surface area contributed by atoms with Gasteiger partial charge < -0.3 is 4.90 Å². The molecule has 2 atom stereocenters. The minimum atomic E-state index is 0.218. The molecule has 1 fully saturated rings. The van der Waals surface area contributed by atoms with E-state index in [-0.39, 0.29) is 12.1 Å². The van der Waals surface area contributed by atoms with Crippen LogP contribution in [0.5, 0.6) is 0 Å². The van der Waals surface area contributed by atoms with Crippen LogP contribution in [0.1, 0.15) is 46.8 Å². The molecule has 3 nitrogen and oxygen atoms in total. The van der Waals surface area contributed by atoms with Crippen molar-refractivity contribution in [1.29, 1.82) is 5.26 Å². The molecule has 1 aliphatic rings. The zero-order valence-corrected chi connectivity index (χ0v) is 19.1. The summed E-state index contributed by atoms with van der Waals surface area (Å²) in [7, 11) is 0. The second-order valence-corrected chi connectivity index (χ2v) is 8.89. The highest BCUT2D eigenvalue weighted by Crippen LogP contribution is 2.37. The van der Waals surface area contributed by atoms with Gasteiger partial charge >= 0.3 is 0 Å². The SMILES string of the molecule is Cc1ccc([C@@H]2CN([C@@H](C)c3ccc(C#N)cc3)CCN2c2ccc(C)cc2Cl)cc1. The standard InChI is InChI=1S/C27H28ClN3/c1-19-4-9-24(10-5-19)27-18-30(21(3)23-11-7-22(17-29)8-12-23)14-15-31(27)26-13-6-20(2)16-25(26)28/h4-13,16,21,27H,14-15,18H2,1-3H3/t21-,27-/m0/s1. The van der Waals surface area contributed by atoms with Crippen molar-refractivity contribution in [3.05, 3.63) is 99.6 Å². The molecular weight excluding hydrogens is 402 g/mol. The number of rotatable bonds is 4. The molecule has 0 spiro atoms. The molecular formula is C27H28ClN3. The molecule has 4 rings (SSSR count). The van der Waals surface area contributed by atoms with Crippen molar-refractivity contribution in [2.24, 2.45) is 0 Å². The highest BCUT2D eigenvalue weighted by atomic mass is 35.5. The molecule has 0 aromatic heterocycles. The van der Waals surface area contributed by atoms with E-state index in [4.69, 9.17) is 16.9 Å². The quantitative estimate of drug-likeness (QED) is 0.477. The highest BCUT2D eigenvalue weighted by molar-refractivity contribution is 6.33. The minimum absolute atomic E-state index is 0.218. The number of nitrogens with zero attached hydrogens (tertiary/aromatic N) is 3. The van der Waals surface area contributed by atoms with E-state index in [1.54, 1.807) is 0 Å². The smallest absolute Gasteiger partial charge is 0.0991 e. The Balaban J connectivity index is 1.65. The number of aryl methyl sites for hydroxylation is 2. The lowest BCUT2D eigenvalue weighted by molar-refractivity contribution is 0.171. The summed E-state index contributed by atoms with van der Waals surface area (Å²) < 4.78 is 0. The van der Waals surface area contributed by atoms with Crippen LogP contribution in [0.25, 0.3) is 0 Å². The maximum absolute atomic E-state index is 9.10. The Morgan fingerprint density at radius 2 is 1.61 bits per heavy atom. The number of piperazine rings is 1. The van der Waals surface area contributed by atoms with Crippen molar-refractivity contribution < 1.29 is 0 Å². The molecule has 0 amide bonds.